The quantitative estimate of drug-likeness (QED) is 0.191. The topological polar surface area (TPSA) is 61.5 Å². The fourth-order valence-corrected chi connectivity index (χ4v) is 13.4. The predicted octanol–water partition coefficient (Wildman–Crippen LogP) is 19.4. The summed E-state index contributed by atoms with van der Waals surface area (Å²) in [6, 6.07) is 5.14. The fourth-order valence-electron chi connectivity index (χ4n) is 11.8. The molecule has 0 spiro atoms. The molecule has 12 atom stereocenters. The smallest absolute Gasteiger partial charge is 0.0307 e. The number of hydrogen-bond acceptors (Lipinski definition) is 4. The van der Waals surface area contributed by atoms with Gasteiger partial charge in [0.1, 0.15) is 0 Å². The molecule has 6 fully saturated rings. The van der Waals surface area contributed by atoms with Crippen LogP contribution in [0.1, 0.15) is 256 Å². The third-order valence-electron chi connectivity index (χ3n) is 18.4. The summed E-state index contributed by atoms with van der Waals surface area (Å²) in [6.45, 7) is 57.2. The summed E-state index contributed by atoms with van der Waals surface area (Å²) in [5.41, 5.74) is 0. The van der Waals surface area contributed by atoms with E-state index >= 15 is 0 Å². The SMILES string of the molecule is CC(C)C1CCCC(C(C)C)C1.CC(C)C1CCCC(C(C)C)C1.CC(C)C1CCCC(C(C)C)N1.CC(C)C1CCCC(C(C)C)N1.CC(C)C1COCC(C(C)C)[N-]1.CC(C)C1CSCC(C(C)C)[N-]1.[Ho].[Ho]. The van der Waals surface area contributed by atoms with Crippen LogP contribution in [0.3, 0.4) is 0 Å². The standard InChI is InChI=1S/2C12H24.2C11H23N.C10H20NO.C10H20NS.2Ho/c2*1-9(2)11-6-5-7-12(8-11)10(3)4;2*1-8(2)10-6-5-7-11(12-10)9(3)4;2*1-7(2)9-5-12-6-10(11-9)8(3)4;;/h2*9-12H,5-8H2,1-4H3;2*8-12H,5-7H2,1-4H3;2*7-10H,5-6H2,1-4H3;;/q;;;;2*-1;;. The summed E-state index contributed by atoms with van der Waals surface area (Å²) in [6.07, 6.45) is 20.2. The first-order valence-electron chi connectivity index (χ1n) is 31.7. The van der Waals surface area contributed by atoms with Gasteiger partial charge in [-0.1, -0.05) is 241 Å². The van der Waals surface area contributed by atoms with Crippen LogP contribution in [0.5, 0.6) is 0 Å². The van der Waals surface area contributed by atoms with Crippen molar-refractivity contribution < 1.29 is 80.2 Å². The number of ether oxygens (including phenoxy) is 1. The van der Waals surface area contributed by atoms with Gasteiger partial charge in [0.25, 0.3) is 0 Å². The largest absolute Gasteiger partial charge is 0.655 e. The number of thioether (sulfide) groups is 1. The summed E-state index contributed by atoms with van der Waals surface area (Å²) in [7, 11) is 0. The Morgan fingerprint density at radius 1 is 0.311 bits per heavy atom. The van der Waals surface area contributed by atoms with E-state index in [1.54, 1.807) is 0 Å². The van der Waals surface area contributed by atoms with Crippen LogP contribution in [-0.4, -0.2) is 73.1 Å². The molecule has 12 unspecified atom stereocenters. The van der Waals surface area contributed by atoms with E-state index in [1.165, 1.54) is 101 Å². The van der Waals surface area contributed by atoms with Crippen LogP contribution in [-0.2, 0) is 4.74 Å². The minimum Gasteiger partial charge on any atom is -0.655 e. The number of piperidine rings is 2. The third-order valence-corrected chi connectivity index (χ3v) is 19.6. The zero-order valence-corrected chi connectivity index (χ0v) is 58.6. The number of hydrogen-bond donors (Lipinski definition) is 2. The van der Waals surface area contributed by atoms with E-state index in [-0.39, 0.29) is 75.5 Å². The molecule has 0 bridgehead atoms. The van der Waals surface area contributed by atoms with E-state index in [4.69, 9.17) is 15.4 Å². The second-order valence-electron chi connectivity index (χ2n) is 28.6. The zero-order chi connectivity index (χ0) is 54.8. The molecule has 2 aliphatic carbocycles. The summed E-state index contributed by atoms with van der Waals surface area (Å²) < 4.78 is 5.52. The second kappa shape index (κ2) is 43.3. The van der Waals surface area contributed by atoms with Gasteiger partial charge in [-0.25, -0.2) is 0 Å². The molecular formula is C66H134Ho2N4OS-2. The molecule has 74 heavy (non-hydrogen) atoms. The Balaban J connectivity index is 0. The van der Waals surface area contributed by atoms with Gasteiger partial charge < -0.3 is 26.0 Å². The Kier molecular flexibility index (Phi) is 46.1. The Morgan fingerprint density at radius 3 is 0.757 bits per heavy atom. The first-order valence-corrected chi connectivity index (χ1v) is 32.9. The molecular weight excluding hydrogens is 1230 g/mol. The predicted molar refractivity (Wildman–Crippen MR) is 328 cm³/mol. The van der Waals surface area contributed by atoms with Crippen LogP contribution < -0.4 is 10.6 Å². The van der Waals surface area contributed by atoms with Crippen molar-refractivity contribution in [3.8, 4) is 0 Å². The number of nitrogens with zero attached hydrogens (tertiary/aromatic N) is 2. The van der Waals surface area contributed by atoms with E-state index in [2.05, 4.69) is 189 Å². The Morgan fingerprint density at radius 2 is 0.541 bits per heavy atom. The van der Waals surface area contributed by atoms with Gasteiger partial charge in [-0.2, -0.15) is 11.8 Å². The molecule has 2 saturated carbocycles. The molecule has 4 heterocycles. The molecule has 0 aromatic carbocycles. The van der Waals surface area contributed by atoms with Crippen LogP contribution in [0.25, 0.3) is 10.6 Å². The number of morpholine rings is 1. The summed E-state index contributed by atoms with van der Waals surface area (Å²) in [5, 5.41) is 17.1. The molecule has 2 radical (unpaired) electrons. The monoisotopic (exact) mass is 1360 g/mol. The number of rotatable bonds is 12. The zero-order valence-electron chi connectivity index (χ0n) is 53.9. The Hall–Kier alpha value is 2.67. The van der Waals surface area contributed by atoms with Crippen molar-refractivity contribution >= 4 is 11.8 Å². The maximum absolute atomic E-state index is 5.52. The average molecular weight is 1360 g/mol. The van der Waals surface area contributed by atoms with Crippen molar-refractivity contribution in [3.05, 3.63) is 10.6 Å². The van der Waals surface area contributed by atoms with Gasteiger partial charge in [0.05, 0.1) is 0 Å². The first-order chi connectivity index (χ1) is 33.7. The maximum Gasteiger partial charge on any atom is 0.0307 e. The molecule has 2 N–H and O–H groups in total. The molecule has 5 nitrogen and oxygen atoms in total. The van der Waals surface area contributed by atoms with Crippen LogP contribution in [0.4, 0.5) is 0 Å². The normalized spacial score (nSPS) is 30.6. The van der Waals surface area contributed by atoms with Crippen molar-refractivity contribution in [1.29, 1.82) is 0 Å². The average Bonchev–Trinajstić information content (AvgIpc) is 3.35. The van der Waals surface area contributed by atoms with Crippen LogP contribution in [0.2, 0.25) is 0 Å². The molecule has 454 valence electrons. The maximum atomic E-state index is 5.52. The third kappa shape index (κ3) is 33.1. The van der Waals surface area contributed by atoms with Crippen molar-refractivity contribution in [2.24, 2.45) is 94.7 Å². The van der Waals surface area contributed by atoms with E-state index < -0.39 is 0 Å². The van der Waals surface area contributed by atoms with Crippen LogP contribution in [0, 0.1) is 170 Å². The summed E-state index contributed by atoms with van der Waals surface area (Å²) >= 11 is 2.07. The molecule has 6 rings (SSSR count). The fraction of sp³-hybridized carbons (Fsp3) is 1.00. The Labute approximate surface area is 531 Å². The first kappa shape index (κ1) is 78.7. The Bertz CT molecular complexity index is 959. The van der Waals surface area contributed by atoms with Gasteiger partial charge in [0.2, 0.25) is 0 Å². The van der Waals surface area contributed by atoms with E-state index in [0.29, 0.717) is 36.0 Å². The molecule has 0 aromatic heterocycles. The molecule has 8 heteroatoms. The van der Waals surface area contributed by atoms with Gasteiger partial charge in [-0.3, -0.25) is 0 Å². The van der Waals surface area contributed by atoms with Crippen molar-refractivity contribution in [2.45, 2.75) is 304 Å². The van der Waals surface area contributed by atoms with Gasteiger partial charge >= 0.3 is 0 Å². The van der Waals surface area contributed by atoms with Gasteiger partial charge in [0.15, 0.2) is 0 Å². The second-order valence-corrected chi connectivity index (χ2v) is 29.6. The molecule has 0 amide bonds. The van der Waals surface area contributed by atoms with Crippen LogP contribution >= 0.6 is 11.8 Å². The van der Waals surface area contributed by atoms with E-state index in [9.17, 15) is 0 Å². The van der Waals surface area contributed by atoms with Gasteiger partial charge in [-0.05, 0) is 121 Å². The van der Waals surface area contributed by atoms with Crippen molar-refractivity contribution in [1.82, 2.24) is 10.6 Å². The van der Waals surface area contributed by atoms with Crippen LogP contribution in [0.15, 0.2) is 0 Å². The van der Waals surface area contributed by atoms with Crippen molar-refractivity contribution in [3.63, 3.8) is 0 Å². The number of nitrogens with one attached hydrogen (secondary N) is 2. The minimum atomic E-state index is 0. The van der Waals surface area contributed by atoms with E-state index in [0.717, 1.165) is 120 Å². The van der Waals surface area contributed by atoms with Gasteiger partial charge in [0, 0.05) is 113 Å². The van der Waals surface area contributed by atoms with E-state index in [1.807, 2.05) is 0 Å². The molecule has 4 aliphatic heterocycles. The summed E-state index contributed by atoms with van der Waals surface area (Å²) in [4.78, 5) is 0. The van der Waals surface area contributed by atoms with Gasteiger partial charge in [-0.15, -0.1) is 24.2 Å². The summed E-state index contributed by atoms with van der Waals surface area (Å²) in [5.74, 6) is 16.1. The molecule has 0 aromatic rings. The van der Waals surface area contributed by atoms with Crippen molar-refractivity contribution in [2.75, 3.05) is 24.7 Å². The molecule has 6 aliphatic rings. The minimum absolute atomic E-state index is 0. The molecule has 4 saturated heterocycles.